The number of hydrogen-bond acceptors (Lipinski definition) is 8. The fraction of sp³-hybridized carbons (Fsp3) is 0.190. The third-order valence-corrected chi connectivity index (χ3v) is 6.74. The minimum absolute atomic E-state index is 0.0371. The Morgan fingerprint density at radius 3 is 2.44 bits per heavy atom. The number of carbonyl (C=O) groups excluding carboxylic acids is 2. The van der Waals surface area contributed by atoms with E-state index in [1.165, 1.54) is 15.4 Å². The predicted octanol–water partition coefficient (Wildman–Crippen LogP) is 5.06. The number of rotatable bonds is 7. The van der Waals surface area contributed by atoms with Gasteiger partial charge < -0.3 is 15.6 Å². The van der Waals surface area contributed by atoms with Gasteiger partial charge in [-0.2, -0.15) is 22.0 Å². The zero-order valence-corrected chi connectivity index (χ0v) is 22.1. The number of imidazole rings is 1. The Kier molecular flexibility index (Phi) is 7.91. The minimum Gasteiger partial charge on any atom is -0.342 e. The average Bonchev–Trinajstić information content (AvgIpc) is 3.55. The van der Waals surface area contributed by atoms with E-state index in [0.717, 1.165) is 36.0 Å². The minimum atomic E-state index is -4.63. The van der Waals surface area contributed by atoms with Crippen molar-refractivity contribution < 1.29 is 31.5 Å². The molecule has 0 saturated carbocycles. The normalized spacial score (nSPS) is 12.7. The van der Waals surface area contributed by atoms with E-state index in [1.54, 1.807) is 6.92 Å². The van der Waals surface area contributed by atoms with Crippen LogP contribution in [0.5, 0.6) is 0 Å². The smallest absolute Gasteiger partial charge is 0.342 e. The maximum Gasteiger partial charge on any atom is 0.432 e. The molecule has 4 heterocycles. The molecule has 0 spiro atoms. The molecule has 2 atom stereocenters. The average molecular weight is 605 g/mol. The van der Waals surface area contributed by atoms with E-state index in [4.69, 9.17) is 11.6 Å². The largest absolute Gasteiger partial charge is 0.432 e. The second-order valence-corrected chi connectivity index (χ2v) is 10.0. The van der Waals surface area contributed by atoms with Gasteiger partial charge in [0.2, 0.25) is 0 Å². The van der Waals surface area contributed by atoms with Gasteiger partial charge in [0.15, 0.2) is 5.82 Å². The van der Waals surface area contributed by atoms with Crippen LogP contribution in [0.2, 0.25) is 5.02 Å². The number of pyridine rings is 1. The lowest BCUT2D eigenvalue weighted by Crippen LogP contribution is -2.27. The molecule has 0 aliphatic heterocycles. The monoisotopic (exact) mass is 604 g/mol. The van der Waals surface area contributed by atoms with Gasteiger partial charge in [-0.25, -0.2) is 24.9 Å². The zero-order valence-electron chi connectivity index (χ0n) is 19.3. The number of hydrogen-bond donors (Lipinski definition) is 3. The van der Waals surface area contributed by atoms with Crippen molar-refractivity contribution in [3.63, 3.8) is 0 Å². The number of aromatic amines is 1. The van der Waals surface area contributed by atoms with Gasteiger partial charge in [-0.3, -0.25) is 9.59 Å². The predicted molar refractivity (Wildman–Crippen MR) is 133 cm³/mol. The summed E-state index contributed by atoms with van der Waals surface area (Å²) in [5.74, 6) is -1.73. The SMILES string of the molecule is C[C@@H](NC(=O)c1cc(-c2ncc(C(F)(F)F)[nH]2)ncn1)c1ncc(C(=O)Nc2cc(C(F)(F)P)c(Cl)cn2)s1. The van der Waals surface area contributed by atoms with Crippen molar-refractivity contribution in [2.45, 2.75) is 24.8 Å². The first-order valence-electron chi connectivity index (χ1n) is 10.6. The van der Waals surface area contributed by atoms with Crippen LogP contribution in [-0.4, -0.2) is 41.7 Å². The number of thiazole rings is 1. The van der Waals surface area contributed by atoms with Crippen LogP contribution in [-0.2, 0) is 11.8 Å². The summed E-state index contributed by atoms with van der Waals surface area (Å²) in [4.78, 5) is 46.7. The van der Waals surface area contributed by atoms with Crippen molar-refractivity contribution in [3.8, 4) is 11.5 Å². The van der Waals surface area contributed by atoms with E-state index in [-0.39, 0.29) is 32.9 Å². The zero-order chi connectivity index (χ0) is 28.5. The molecule has 4 aromatic heterocycles. The molecule has 2 amide bonds. The molecule has 10 nitrogen and oxygen atoms in total. The molecule has 204 valence electrons. The topological polar surface area (TPSA) is 138 Å². The number of alkyl halides is 5. The van der Waals surface area contributed by atoms with Crippen molar-refractivity contribution in [2.24, 2.45) is 0 Å². The number of halogens is 6. The number of nitrogens with zero attached hydrogens (tertiary/aromatic N) is 5. The fourth-order valence-corrected chi connectivity index (χ4v) is 4.45. The van der Waals surface area contributed by atoms with Crippen molar-refractivity contribution >= 4 is 49.8 Å². The quantitative estimate of drug-likeness (QED) is 0.198. The Balaban J connectivity index is 1.43. The van der Waals surface area contributed by atoms with Crippen LogP contribution in [0.4, 0.5) is 27.8 Å². The van der Waals surface area contributed by atoms with Crippen LogP contribution in [0.3, 0.4) is 0 Å². The van der Waals surface area contributed by atoms with E-state index in [0.29, 0.717) is 11.2 Å². The van der Waals surface area contributed by atoms with E-state index >= 15 is 0 Å². The molecule has 0 aromatic carbocycles. The molecule has 1 unspecified atom stereocenters. The highest BCUT2D eigenvalue weighted by Gasteiger charge is 2.33. The molecule has 4 aromatic rings. The standard InChI is InChI=1S/C21H15ClF5N8O2PS/c1-8(33-17(36)12-3-11(31-7-32-12)16-29-6-14(34-16)20(23,24)25)19-30-5-13(39-19)18(37)35-15-2-9(21(26,27)38)10(22)4-28-15/h2-8H,38H2,1H3,(H,29,34)(H,33,36)(H,28,35,37)/t8-/m1/s1. The molecule has 4 rings (SSSR count). The number of amides is 2. The Labute approximate surface area is 227 Å². The van der Waals surface area contributed by atoms with Gasteiger partial charge in [0.1, 0.15) is 39.1 Å². The van der Waals surface area contributed by atoms with Gasteiger partial charge in [-0.1, -0.05) is 20.8 Å². The highest BCUT2D eigenvalue weighted by atomic mass is 35.5. The molecule has 0 aliphatic rings. The molecule has 18 heteroatoms. The third-order valence-electron chi connectivity index (χ3n) is 4.94. The highest BCUT2D eigenvalue weighted by molar-refractivity contribution is 7.17. The molecule has 3 N–H and O–H groups in total. The van der Waals surface area contributed by atoms with Crippen molar-refractivity contribution in [3.05, 3.63) is 68.9 Å². The van der Waals surface area contributed by atoms with Crippen molar-refractivity contribution in [1.29, 1.82) is 0 Å². The summed E-state index contributed by atoms with van der Waals surface area (Å²) in [7, 11) is 1.35. The summed E-state index contributed by atoms with van der Waals surface area (Å²) in [6.07, 6.45) is -0.804. The summed E-state index contributed by atoms with van der Waals surface area (Å²) < 4.78 is 65.8. The summed E-state index contributed by atoms with van der Waals surface area (Å²) in [6, 6.07) is 1.40. The first-order chi connectivity index (χ1) is 18.2. The molecule has 0 bridgehead atoms. The third kappa shape index (κ3) is 6.69. The number of aromatic nitrogens is 6. The van der Waals surface area contributed by atoms with Crippen molar-refractivity contribution in [1.82, 2.24) is 35.2 Å². The van der Waals surface area contributed by atoms with Crippen molar-refractivity contribution in [2.75, 3.05) is 5.32 Å². The summed E-state index contributed by atoms with van der Waals surface area (Å²) in [5, 5.41) is 5.05. The maximum absolute atomic E-state index is 13.7. The number of carbonyl (C=O) groups is 2. The van der Waals surface area contributed by atoms with Crippen LogP contribution in [0, 0.1) is 0 Å². The van der Waals surface area contributed by atoms with Crippen LogP contribution >= 0.6 is 32.2 Å². The van der Waals surface area contributed by atoms with E-state index in [9.17, 15) is 31.5 Å². The molecule has 0 radical (unpaired) electrons. The fourth-order valence-electron chi connectivity index (χ4n) is 3.07. The Morgan fingerprint density at radius 2 is 1.77 bits per heavy atom. The molecule has 0 fully saturated rings. The summed E-state index contributed by atoms with van der Waals surface area (Å²) >= 11 is 6.68. The van der Waals surface area contributed by atoms with Gasteiger partial charge in [0, 0.05) is 11.8 Å². The Bertz CT molecular complexity index is 1540. The van der Waals surface area contributed by atoms with Crippen LogP contribution in [0.25, 0.3) is 11.5 Å². The Morgan fingerprint density at radius 1 is 1.03 bits per heavy atom. The van der Waals surface area contributed by atoms with Gasteiger partial charge >= 0.3 is 6.18 Å². The lowest BCUT2D eigenvalue weighted by molar-refractivity contribution is -0.140. The molecular formula is C21H15ClF5N8O2PS. The van der Waals surface area contributed by atoms with Gasteiger partial charge in [-0.15, -0.1) is 11.3 Å². The van der Waals surface area contributed by atoms with Gasteiger partial charge in [0.05, 0.1) is 23.5 Å². The maximum atomic E-state index is 13.7. The van der Waals surface area contributed by atoms with Gasteiger partial charge in [-0.05, 0) is 19.1 Å². The number of nitrogens with one attached hydrogen (secondary N) is 3. The van der Waals surface area contributed by atoms with E-state index in [2.05, 4.69) is 40.5 Å². The number of H-pyrrole nitrogens is 1. The summed E-state index contributed by atoms with van der Waals surface area (Å²) in [5.41, 5.74) is -5.14. The lowest BCUT2D eigenvalue weighted by Gasteiger charge is -2.13. The van der Waals surface area contributed by atoms with Crippen LogP contribution in [0.1, 0.15) is 49.4 Å². The highest BCUT2D eigenvalue weighted by Crippen LogP contribution is 2.39. The number of anilines is 1. The van der Waals surface area contributed by atoms with E-state index < -0.39 is 41.0 Å². The lowest BCUT2D eigenvalue weighted by atomic mass is 10.2. The second kappa shape index (κ2) is 10.9. The second-order valence-electron chi connectivity index (χ2n) is 7.82. The first-order valence-corrected chi connectivity index (χ1v) is 12.3. The molecule has 0 aliphatic carbocycles. The molecule has 39 heavy (non-hydrogen) atoms. The molecular weight excluding hydrogens is 590 g/mol. The van der Waals surface area contributed by atoms with E-state index in [1.807, 2.05) is 0 Å². The summed E-state index contributed by atoms with van der Waals surface area (Å²) in [6.45, 7) is 1.58. The van der Waals surface area contributed by atoms with Crippen LogP contribution < -0.4 is 10.6 Å². The van der Waals surface area contributed by atoms with Crippen LogP contribution in [0.15, 0.2) is 37.1 Å². The van der Waals surface area contributed by atoms with Gasteiger partial charge in [0.25, 0.3) is 17.5 Å². The molecule has 0 saturated heterocycles. The first kappa shape index (κ1) is 28.4. The Hall–Kier alpha value is -3.62.